The van der Waals surface area contributed by atoms with Crippen molar-refractivity contribution in [1.82, 2.24) is 5.32 Å². The van der Waals surface area contributed by atoms with Gasteiger partial charge in [-0.1, -0.05) is 24.3 Å². The summed E-state index contributed by atoms with van der Waals surface area (Å²) >= 11 is 0. The van der Waals surface area contributed by atoms with Crippen LogP contribution in [0.3, 0.4) is 0 Å². The van der Waals surface area contributed by atoms with Gasteiger partial charge in [-0.25, -0.2) is 0 Å². The number of hydrogen-bond donors (Lipinski definition) is 2. The molecule has 25 heavy (non-hydrogen) atoms. The van der Waals surface area contributed by atoms with Crippen LogP contribution in [-0.4, -0.2) is 24.7 Å². The van der Waals surface area contributed by atoms with Crippen LogP contribution in [0, 0.1) is 0 Å². The lowest BCUT2D eigenvalue weighted by atomic mass is 10.1. The van der Waals surface area contributed by atoms with E-state index in [1.807, 2.05) is 12.1 Å². The third kappa shape index (κ3) is 5.76. The molecule has 2 N–H and O–H groups in total. The summed E-state index contributed by atoms with van der Waals surface area (Å²) in [7, 11) is 1.58. The molecule has 0 aliphatic heterocycles. The van der Waals surface area contributed by atoms with Crippen molar-refractivity contribution >= 4 is 23.3 Å². The van der Waals surface area contributed by atoms with Gasteiger partial charge >= 0.3 is 0 Å². The number of Topliss-reactive ketones (excluding diaryl/α,β-unsaturated/α-hetero) is 1. The van der Waals surface area contributed by atoms with Crippen molar-refractivity contribution in [3.63, 3.8) is 0 Å². The molecule has 6 heteroatoms. The first-order chi connectivity index (χ1) is 12.0. The molecule has 0 aromatic heterocycles. The molecule has 2 aromatic carbocycles. The van der Waals surface area contributed by atoms with Gasteiger partial charge in [0.15, 0.2) is 5.78 Å². The van der Waals surface area contributed by atoms with E-state index in [1.165, 1.54) is 6.92 Å². The van der Waals surface area contributed by atoms with Gasteiger partial charge in [-0.05, 0) is 36.8 Å². The fraction of sp³-hybridized carbons (Fsp3) is 0.211. The van der Waals surface area contributed by atoms with Crippen molar-refractivity contribution in [2.45, 2.75) is 19.9 Å². The zero-order chi connectivity index (χ0) is 18.2. The lowest BCUT2D eigenvalue weighted by Crippen LogP contribution is -2.27. The summed E-state index contributed by atoms with van der Waals surface area (Å²) in [5, 5.41) is 5.30. The van der Waals surface area contributed by atoms with Crippen molar-refractivity contribution in [3.8, 4) is 5.75 Å². The van der Waals surface area contributed by atoms with Crippen LogP contribution in [-0.2, 0) is 16.1 Å². The number of methoxy groups -OCH3 is 1. The Balaban J connectivity index is 1.82. The molecule has 2 aromatic rings. The number of amides is 2. The van der Waals surface area contributed by atoms with Gasteiger partial charge in [0, 0.05) is 17.8 Å². The maximum absolute atomic E-state index is 11.9. The molecule has 0 aliphatic carbocycles. The molecule has 0 saturated heterocycles. The minimum Gasteiger partial charge on any atom is -0.497 e. The lowest BCUT2D eigenvalue weighted by molar-refractivity contribution is -0.126. The molecule has 0 heterocycles. The normalized spacial score (nSPS) is 10.0. The van der Waals surface area contributed by atoms with Gasteiger partial charge in [0.1, 0.15) is 12.2 Å². The van der Waals surface area contributed by atoms with Gasteiger partial charge in [0.05, 0.1) is 7.11 Å². The Hall–Kier alpha value is -3.15. The second kappa shape index (κ2) is 8.63. The zero-order valence-corrected chi connectivity index (χ0v) is 14.2. The Labute approximate surface area is 146 Å². The Morgan fingerprint density at radius 2 is 1.72 bits per heavy atom. The van der Waals surface area contributed by atoms with E-state index < -0.39 is 5.91 Å². The van der Waals surface area contributed by atoms with E-state index in [2.05, 4.69) is 10.6 Å². The van der Waals surface area contributed by atoms with Crippen LogP contribution in [0.25, 0.3) is 0 Å². The number of ketones is 1. The predicted octanol–water partition coefficient (Wildman–Crippen LogP) is 2.54. The molecule has 0 aliphatic rings. The Morgan fingerprint density at radius 3 is 2.36 bits per heavy atom. The van der Waals surface area contributed by atoms with Gasteiger partial charge in [-0.2, -0.15) is 0 Å². The highest BCUT2D eigenvalue weighted by atomic mass is 16.5. The second-order valence-electron chi connectivity index (χ2n) is 5.49. The molecule has 0 fully saturated rings. The first-order valence-electron chi connectivity index (χ1n) is 7.78. The van der Waals surface area contributed by atoms with E-state index in [0.29, 0.717) is 17.8 Å². The summed E-state index contributed by atoms with van der Waals surface area (Å²) in [6.45, 7) is 1.78. The number of hydrogen-bond acceptors (Lipinski definition) is 4. The summed E-state index contributed by atoms with van der Waals surface area (Å²) < 4.78 is 5.07. The number of carbonyl (C=O) groups is 3. The quantitative estimate of drug-likeness (QED) is 0.599. The largest absolute Gasteiger partial charge is 0.497 e. The highest BCUT2D eigenvalue weighted by Crippen LogP contribution is 2.12. The summed E-state index contributed by atoms with van der Waals surface area (Å²) in [6.07, 6.45) is -0.291. The van der Waals surface area contributed by atoms with Gasteiger partial charge < -0.3 is 15.4 Å². The van der Waals surface area contributed by atoms with Crippen LogP contribution >= 0.6 is 0 Å². The number of anilines is 1. The Kier molecular flexibility index (Phi) is 6.28. The topological polar surface area (TPSA) is 84.5 Å². The number of ether oxygens (including phenoxy) is 1. The third-order valence-corrected chi connectivity index (χ3v) is 3.52. The maximum Gasteiger partial charge on any atom is 0.233 e. The monoisotopic (exact) mass is 340 g/mol. The van der Waals surface area contributed by atoms with Crippen LogP contribution in [0.1, 0.15) is 29.3 Å². The molecular weight excluding hydrogens is 320 g/mol. The number of carbonyl (C=O) groups excluding carboxylic acids is 3. The van der Waals surface area contributed by atoms with E-state index in [4.69, 9.17) is 4.74 Å². The Morgan fingerprint density at radius 1 is 1.00 bits per heavy atom. The average molecular weight is 340 g/mol. The van der Waals surface area contributed by atoms with Crippen molar-refractivity contribution < 1.29 is 19.1 Å². The minimum absolute atomic E-state index is 0.0895. The van der Waals surface area contributed by atoms with E-state index in [0.717, 1.165) is 11.3 Å². The zero-order valence-electron chi connectivity index (χ0n) is 14.2. The molecule has 0 bridgehead atoms. The third-order valence-electron chi connectivity index (χ3n) is 3.52. The molecular formula is C19H20N2O4. The van der Waals surface area contributed by atoms with E-state index in [9.17, 15) is 14.4 Å². The smallest absolute Gasteiger partial charge is 0.233 e. The SMILES string of the molecule is COc1ccc(CNC(=O)CC(=O)Nc2cccc(C(C)=O)c2)cc1. The molecule has 6 nitrogen and oxygen atoms in total. The fourth-order valence-electron chi connectivity index (χ4n) is 2.17. The van der Waals surface area contributed by atoms with Gasteiger partial charge in [-0.15, -0.1) is 0 Å². The maximum atomic E-state index is 11.9. The first-order valence-corrected chi connectivity index (χ1v) is 7.78. The van der Waals surface area contributed by atoms with E-state index in [1.54, 1.807) is 43.5 Å². The molecule has 130 valence electrons. The molecule has 2 rings (SSSR count). The highest BCUT2D eigenvalue weighted by molar-refractivity contribution is 6.04. The lowest BCUT2D eigenvalue weighted by Gasteiger charge is -2.08. The predicted molar refractivity (Wildman–Crippen MR) is 94.5 cm³/mol. The number of benzene rings is 2. The fourth-order valence-corrected chi connectivity index (χ4v) is 2.17. The van der Waals surface area contributed by atoms with Crippen molar-refractivity contribution in [2.24, 2.45) is 0 Å². The van der Waals surface area contributed by atoms with Crippen molar-refractivity contribution in [2.75, 3.05) is 12.4 Å². The van der Waals surface area contributed by atoms with E-state index in [-0.39, 0.29) is 18.1 Å². The average Bonchev–Trinajstić information content (AvgIpc) is 2.60. The van der Waals surface area contributed by atoms with Crippen LogP contribution in [0.4, 0.5) is 5.69 Å². The molecule has 0 atom stereocenters. The van der Waals surface area contributed by atoms with Crippen LogP contribution < -0.4 is 15.4 Å². The first kappa shape index (κ1) is 18.2. The van der Waals surface area contributed by atoms with Crippen LogP contribution in [0.2, 0.25) is 0 Å². The van der Waals surface area contributed by atoms with Crippen LogP contribution in [0.5, 0.6) is 5.75 Å². The summed E-state index contributed by atoms with van der Waals surface area (Å²) in [5.74, 6) is -0.167. The highest BCUT2D eigenvalue weighted by Gasteiger charge is 2.10. The van der Waals surface area contributed by atoms with E-state index >= 15 is 0 Å². The van der Waals surface area contributed by atoms with Gasteiger partial charge in [0.2, 0.25) is 11.8 Å². The molecule has 2 amide bonds. The molecule has 0 radical (unpaired) electrons. The summed E-state index contributed by atoms with van der Waals surface area (Å²) in [6, 6.07) is 13.9. The molecule has 0 saturated carbocycles. The van der Waals surface area contributed by atoms with Gasteiger partial charge in [0.25, 0.3) is 0 Å². The standard InChI is InChI=1S/C19H20N2O4/c1-13(22)15-4-3-5-16(10-15)21-19(24)11-18(23)20-12-14-6-8-17(25-2)9-7-14/h3-10H,11-12H2,1-2H3,(H,20,23)(H,21,24). The summed E-state index contributed by atoms with van der Waals surface area (Å²) in [5.41, 5.74) is 1.89. The molecule has 0 spiro atoms. The van der Waals surface area contributed by atoms with Gasteiger partial charge in [-0.3, -0.25) is 14.4 Å². The number of rotatable bonds is 7. The number of nitrogens with one attached hydrogen (secondary N) is 2. The minimum atomic E-state index is -0.437. The Bertz CT molecular complexity index is 769. The second-order valence-corrected chi connectivity index (χ2v) is 5.49. The van der Waals surface area contributed by atoms with Crippen molar-refractivity contribution in [3.05, 3.63) is 59.7 Å². The summed E-state index contributed by atoms with van der Waals surface area (Å²) in [4.78, 5) is 35.1. The molecule has 0 unspecified atom stereocenters. The van der Waals surface area contributed by atoms with Crippen molar-refractivity contribution in [1.29, 1.82) is 0 Å². The van der Waals surface area contributed by atoms with Crippen LogP contribution in [0.15, 0.2) is 48.5 Å².